The number of nitrogens with zero attached hydrogens (tertiary/aromatic N) is 3. The molecule has 170 valence electrons. The van der Waals surface area contributed by atoms with Crippen LogP contribution in [0.15, 0.2) is 29.3 Å². The van der Waals surface area contributed by atoms with E-state index >= 15 is 0 Å². The van der Waals surface area contributed by atoms with Crippen LogP contribution >= 0.6 is 0 Å². The van der Waals surface area contributed by atoms with Crippen molar-refractivity contribution in [3.05, 3.63) is 52.4 Å². The van der Waals surface area contributed by atoms with E-state index in [-0.39, 0.29) is 17.0 Å². The van der Waals surface area contributed by atoms with Crippen molar-refractivity contribution in [2.45, 2.75) is 64.3 Å². The van der Waals surface area contributed by atoms with E-state index in [4.69, 9.17) is 4.74 Å². The molecule has 0 radical (unpaired) electrons. The number of hydrogen-bond donors (Lipinski definition) is 0. The molecule has 5 nitrogen and oxygen atoms in total. The highest BCUT2D eigenvalue weighted by atomic mass is 19.4. The van der Waals surface area contributed by atoms with Crippen LogP contribution in [0.5, 0.6) is 0 Å². The Bertz CT molecular complexity index is 1020. The first-order chi connectivity index (χ1) is 14.4. The fourth-order valence-corrected chi connectivity index (χ4v) is 3.81. The Morgan fingerprint density at radius 2 is 1.94 bits per heavy atom. The molecule has 1 aliphatic rings. The normalized spacial score (nSPS) is 18.5. The van der Waals surface area contributed by atoms with Gasteiger partial charge in [0.05, 0.1) is 23.8 Å². The smallest absolute Gasteiger partial charge is 0.376 e. The fraction of sp³-hybridized carbons (Fsp3) is 0.545. The Hall–Kier alpha value is -2.42. The van der Waals surface area contributed by atoms with E-state index in [0.717, 1.165) is 37.1 Å². The van der Waals surface area contributed by atoms with E-state index in [1.165, 1.54) is 0 Å². The van der Waals surface area contributed by atoms with Crippen LogP contribution in [0.25, 0.3) is 0 Å². The summed E-state index contributed by atoms with van der Waals surface area (Å²) in [6.07, 6.45) is -2.08. The lowest BCUT2D eigenvalue weighted by molar-refractivity contribution is -0.140. The Morgan fingerprint density at radius 1 is 1.23 bits per heavy atom. The largest absolute Gasteiger partial charge is 0.419 e. The number of carbonyl (C=O) groups is 1. The van der Waals surface area contributed by atoms with E-state index in [2.05, 4.69) is 4.99 Å². The van der Waals surface area contributed by atoms with Crippen LogP contribution in [-0.4, -0.2) is 28.0 Å². The molecule has 9 heteroatoms. The molecule has 2 heterocycles. The summed E-state index contributed by atoms with van der Waals surface area (Å²) in [6, 6.07) is 4.34. The number of benzene rings is 1. The summed E-state index contributed by atoms with van der Waals surface area (Å²) in [7, 11) is 1.83. The molecule has 3 rings (SSSR count). The van der Waals surface area contributed by atoms with Crippen molar-refractivity contribution in [1.82, 2.24) is 9.36 Å². The number of ether oxygens (including phenoxy) is 1. The molecule has 0 bridgehead atoms. The van der Waals surface area contributed by atoms with Crippen LogP contribution in [0.2, 0.25) is 0 Å². The van der Waals surface area contributed by atoms with Crippen LogP contribution in [0.1, 0.15) is 61.6 Å². The van der Waals surface area contributed by atoms with Crippen molar-refractivity contribution in [1.29, 1.82) is 0 Å². The Morgan fingerprint density at radius 3 is 2.52 bits per heavy atom. The third kappa shape index (κ3) is 5.08. The van der Waals surface area contributed by atoms with E-state index in [1.54, 1.807) is 10.7 Å². The predicted molar refractivity (Wildman–Crippen MR) is 107 cm³/mol. The molecule has 1 aliphatic heterocycles. The predicted octanol–water partition coefficient (Wildman–Crippen LogP) is 4.59. The minimum absolute atomic E-state index is 0.0606. The lowest BCUT2D eigenvalue weighted by Gasteiger charge is -2.25. The zero-order valence-corrected chi connectivity index (χ0v) is 18.1. The standard InChI is InChI=1S/C22H27F4N3O2/c1-21(2,3)17-12-18(29(28(17)4)13-14-8-5-6-11-31-14)27-20(30)15-9-7-10-16(19(15)23)22(24,25)26/h7,9-10,12,14H,5-6,8,11,13H2,1-4H3/b27-18-. The quantitative estimate of drug-likeness (QED) is 0.654. The number of carbonyl (C=O) groups excluding carboxylic acids is 1. The number of rotatable bonds is 3. The number of aromatic nitrogens is 2. The maximum atomic E-state index is 14.4. The van der Waals surface area contributed by atoms with Crippen molar-refractivity contribution < 1.29 is 27.1 Å². The minimum atomic E-state index is -4.90. The van der Waals surface area contributed by atoms with Gasteiger partial charge in [-0.1, -0.05) is 26.8 Å². The molecule has 1 aromatic carbocycles. The summed E-state index contributed by atoms with van der Waals surface area (Å²) in [5, 5.41) is 0. The maximum Gasteiger partial charge on any atom is 0.419 e. The summed E-state index contributed by atoms with van der Waals surface area (Å²) in [5.74, 6) is -2.68. The van der Waals surface area contributed by atoms with Gasteiger partial charge >= 0.3 is 6.18 Å². The van der Waals surface area contributed by atoms with Crippen molar-refractivity contribution in [2.75, 3.05) is 6.61 Å². The Labute approximate surface area is 178 Å². The van der Waals surface area contributed by atoms with Crippen LogP contribution in [0.4, 0.5) is 17.6 Å². The number of halogens is 4. The second kappa shape index (κ2) is 8.61. The van der Waals surface area contributed by atoms with Crippen LogP contribution in [-0.2, 0) is 29.9 Å². The average molecular weight is 441 g/mol. The van der Waals surface area contributed by atoms with Crippen molar-refractivity contribution >= 4 is 5.91 Å². The molecule has 1 unspecified atom stereocenters. The third-order valence-corrected chi connectivity index (χ3v) is 5.41. The van der Waals surface area contributed by atoms with Gasteiger partial charge in [0, 0.05) is 30.8 Å². The van der Waals surface area contributed by atoms with E-state index < -0.39 is 29.0 Å². The lowest BCUT2D eigenvalue weighted by atomic mass is 9.92. The molecule has 0 spiro atoms. The van der Waals surface area contributed by atoms with Crippen LogP contribution in [0.3, 0.4) is 0 Å². The van der Waals surface area contributed by atoms with Gasteiger partial charge in [-0.05, 0) is 31.4 Å². The molecule has 1 aromatic heterocycles. The topological polar surface area (TPSA) is 48.5 Å². The molecule has 1 amide bonds. The number of alkyl halides is 3. The summed E-state index contributed by atoms with van der Waals surface area (Å²) in [4.78, 5) is 16.7. The van der Waals surface area contributed by atoms with Gasteiger partial charge in [-0.2, -0.15) is 18.2 Å². The average Bonchev–Trinajstić information content (AvgIpc) is 2.98. The molecule has 0 saturated carbocycles. The zero-order valence-electron chi connectivity index (χ0n) is 18.1. The molecule has 2 aromatic rings. The van der Waals surface area contributed by atoms with E-state index in [0.29, 0.717) is 19.2 Å². The van der Waals surface area contributed by atoms with Gasteiger partial charge in [0.15, 0.2) is 5.49 Å². The molecule has 31 heavy (non-hydrogen) atoms. The van der Waals surface area contributed by atoms with Gasteiger partial charge in [0.2, 0.25) is 0 Å². The molecular weight excluding hydrogens is 414 g/mol. The summed E-state index contributed by atoms with van der Waals surface area (Å²) in [5.41, 5.74) is -1.35. The first-order valence-electron chi connectivity index (χ1n) is 10.2. The van der Waals surface area contributed by atoms with E-state index in [1.807, 2.05) is 32.5 Å². The summed E-state index contributed by atoms with van der Waals surface area (Å²) in [6.45, 7) is 7.10. The zero-order chi connectivity index (χ0) is 23.0. The lowest BCUT2D eigenvalue weighted by Crippen LogP contribution is -2.33. The van der Waals surface area contributed by atoms with Gasteiger partial charge in [0.1, 0.15) is 5.82 Å². The summed E-state index contributed by atoms with van der Waals surface area (Å²) >= 11 is 0. The molecule has 1 saturated heterocycles. The summed E-state index contributed by atoms with van der Waals surface area (Å²) < 4.78 is 63.0. The van der Waals surface area contributed by atoms with E-state index in [9.17, 15) is 22.4 Å². The monoisotopic (exact) mass is 441 g/mol. The highest BCUT2D eigenvalue weighted by Crippen LogP contribution is 2.32. The molecular formula is C22H27F4N3O2. The Kier molecular flexibility index (Phi) is 6.45. The highest BCUT2D eigenvalue weighted by Gasteiger charge is 2.35. The first kappa shape index (κ1) is 23.2. The number of hydrogen-bond acceptors (Lipinski definition) is 2. The minimum Gasteiger partial charge on any atom is -0.376 e. The van der Waals surface area contributed by atoms with Gasteiger partial charge in [-0.25, -0.2) is 4.39 Å². The third-order valence-electron chi connectivity index (χ3n) is 5.41. The molecule has 1 atom stereocenters. The fourth-order valence-electron chi connectivity index (χ4n) is 3.81. The van der Waals surface area contributed by atoms with Gasteiger partial charge in [0.25, 0.3) is 5.91 Å². The van der Waals surface area contributed by atoms with Crippen LogP contribution in [0, 0.1) is 5.82 Å². The van der Waals surface area contributed by atoms with Gasteiger partial charge < -0.3 is 4.74 Å². The van der Waals surface area contributed by atoms with Crippen LogP contribution < -0.4 is 5.49 Å². The SMILES string of the molecule is Cn1c(C(C)(C)C)c/c(=N/C(=O)c2cccc(C(F)(F)F)c2F)n1CC1CCCCO1. The maximum absolute atomic E-state index is 14.4. The highest BCUT2D eigenvalue weighted by molar-refractivity contribution is 5.95. The molecule has 1 fully saturated rings. The van der Waals surface area contributed by atoms with Crippen molar-refractivity contribution in [3.8, 4) is 0 Å². The Balaban J connectivity index is 2.07. The van der Waals surface area contributed by atoms with Crippen molar-refractivity contribution in [2.24, 2.45) is 12.0 Å². The first-order valence-corrected chi connectivity index (χ1v) is 10.2. The second-order valence-electron chi connectivity index (χ2n) is 8.81. The number of amides is 1. The van der Waals surface area contributed by atoms with Gasteiger partial charge in [-0.15, -0.1) is 0 Å². The van der Waals surface area contributed by atoms with Gasteiger partial charge in [-0.3, -0.25) is 14.2 Å². The molecule has 0 aliphatic carbocycles. The molecule has 0 N–H and O–H groups in total. The second-order valence-corrected chi connectivity index (χ2v) is 8.81. The van der Waals surface area contributed by atoms with Crippen molar-refractivity contribution in [3.63, 3.8) is 0 Å².